The van der Waals surface area contributed by atoms with Crippen LogP contribution in [0.3, 0.4) is 0 Å². The summed E-state index contributed by atoms with van der Waals surface area (Å²) in [6.07, 6.45) is 8.97. The standard InChI is InChI=1S/C13H15ClN2O/c14-10-5-11(8-15-7-10)16-12(17)13-4-2-1-3-9(13)6-13/h5,7-9H,1-4,6H2,(H,16,17). The molecular formula is C13H15ClN2O. The number of fused-ring (bicyclic) bond motifs is 1. The van der Waals surface area contributed by atoms with Gasteiger partial charge in [0.15, 0.2) is 0 Å². The van der Waals surface area contributed by atoms with Crippen LogP contribution in [0.4, 0.5) is 5.69 Å². The molecular weight excluding hydrogens is 236 g/mol. The Morgan fingerprint density at radius 1 is 1.47 bits per heavy atom. The van der Waals surface area contributed by atoms with Crippen molar-refractivity contribution in [3.05, 3.63) is 23.5 Å². The number of amides is 1. The van der Waals surface area contributed by atoms with Crippen molar-refractivity contribution < 1.29 is 4.79 Å². The Kier molecular flexibility index (Phi) is 2.58. The first-order valence-corrected chi connectivity index (χ1v) is 6.50. The van der Waals surface area contributed by atoms with Gasteiger partial charge in [-0.3, -0.25) is 9.78 Å². The number of carbonyl (C=O) groups is 1. The monoisotopic (exact) mass is 250 g/mol. The number of anilines is 1. The summed E-state index contributed by atoms with van der Waals surface area (Å²) in [6, 6.07) is 1.74. The van der Waals surface area contributed by atoms with E-state index in [1.54, 1.807) is 18.5 Å². The molecule has 0 aliphatic heterocycles. The number of nitrogens with zero attached hydrogens (tertiary/aromatic N) is 1. The topological polar surface area (TPSA) is 42.0 Å². The van der Waals surface area contributed by atoms with Crippen LogP contribution in [0.1, 0.15) is 32.1 Å². The maximum absolute atomic E-state index is 12.3. The fourth-order valence-corrected chi connectivity index (χ4v) is 3.20. The van der Waals surface area contributed by atoms with Crippen molar-refractivity contribution in [2.75, 3.05) is 5.32 Å². The van der Waals surface area contributed by atoms with Gasteiger partial charge in [-0.15, -0.1) is 0 Å². The van der Waals surface area contributed by atoms with E-state index in [0.29, 0.717) is 16.6 Å². The predicted octanol–water partition coefficient (Wildman–Crippen LogP) is 3.25. The van der Waals surface area contributed by atoms with Crippen molar-refractivity contribution in [3.8, 4) is 0 Å². The van der Waals surface area contributed by atoms with E-state index in [-0.39, 0.29) is 11.3 Å². The SMILES string of the molecule is O=C(Nc1cncc(Cl)c1)C12CCCCC1C2. The van der Waals surface area contributed by atoms with E-state index in [1.807, 2.05) is 0 Å². The Hall–Kier alpha value is -1.09. The minimum atomic E-state index is -0.0689. The van der Waals surface area contributed by atoms with Gasteiger partial charge in [0, 0.05) is 6.20 Å². The van der Waals surface area contributed by atoms with E-state index >= 15 is 0 Å². The third-order valence-electron chi connectivity index (χ3n) is 4.07. The maximum atomic E-state index is 12.3. The summed E-state index contributed by atoms with van der Waals surface area (Å²) >= 11 is 5.85. The Morgan fingerprint density at radius 3 is 3.12 bits per heavy atom. The lowest BCUT2D eigenvalue weighted by molar-refractivity contribution is -0.122. The van der Waals surface area contributed by atoms with Crippen LogP contribution in [0, 0.1) is 11.3 Å². The fraction of sp³-hybridized carbons (Fsp3) is 0.538. The molecule has 2 aliphatic rings. The number of halogens is 1. The van der Waals surface area contributed by atoms with Crippen molar-refractivity contribution in [1.29, 1.82) is 0 Å². The van der Waals surface area contributed by atoms with Gasteiger partial charge >= 0.3 is 0 Å². The Labute approximate surface area is 106 Å². The van der Waals surface area contributed by atoms with Gasteiger partial charge in [-0.25, -0.2) is 0 Å². The van der Waals surface area contributed by atoms with E-state index in [0.717, 1.165) is 12.8 Å². The highest BCUT2D eigenvalue weighted by molar-refractivity contribution is 6.30. The quantitative estimate of drug-likeness (QED) is 0.876. The molecule has 1 amide bonds. The minimum absolute atomic E-state index is 0.0689. The van der Waals surface area contributed by atoms with Crippen molar-refractivity contribution >= 4 is 23.2 Å². The first kappa shape index (κ1) is 11.0. The molecule has 2 unspecified atom stereocenters. The highest BCUT2D eigenvalue weighted by atomic mass is 35.5. The van der Waals surface area contributed by atoms with Crippen LogP contribution in [0.5, 0.6) is 0 Å². The van der Waals surface area contributed by atoms with E-state index < -0.39 is 0 Å². The van der Waals surface area contributed by atoms with Gasteiger partial charge in [0.2, 0.25) is 5.91 Å². The van der Waals surface area contributed by atoms with Crippen LogP contribution < -0.4 is 5.32 Å². The number of rotatable bonds is 2. The molecule has 2 aliphatic carbocycles. The maximum Gasteiger partial charge on any atom is 0.230 e. The molecule has 1 aromatic rings. The molecule has 0 bridgehead atoms. The van der Waals surface area contributed by atoms with Gasteiger partial charge in [0.05, 0.1) is 22.3 Å². The molecule has 0 aromatic carbocycles. The first-order valence-electron chi connectivity index (χ1n) is 6.13. The smallest absolute Gasteiger partial charge is 0.230 e. The summed E-state index contributed by atoms with van der Waals surface area (Å²) < 4.78 is 0. The molecule has 0 saturated heterocycles. The summed E-state index contributed by atoms with van der Waals surface area (Å²) in [5.41, 5.74) is 0.633. The zero-order chi connectivity index (χ0) is 11.9. The molecule has 2 atom stereocenters. The van der Waals surface area contributed by atoms with Gasteiger partial charge in [0.1, 0.15) is 0 Å². The van der Waals surface area contributed by atoms with Gasteiger partial charge in [-0.2, -0.15) is 0 Å². The molecule has 90 valence electrons. The number of hydrogen-bond acceptors (Lipinski definition) is 2. The molecule has 17 heavy (non-hydrogen) atoms. The van der Waals surface area contributed by atoms with Crippen LogP contribution in [0.25, 0.3) is 0 Å². The molecule has 2 fully saturated rings. The van der Waals surface area contributed by atoms with Gasteiger partial charge in [-0.05, 0) is 31.2 Å². The van der Waals surface area contributed by atoms with Crippen molar-refractivity contribution in [3.63, 3.8) is 0 Å². The normalized spacial score (nSPS) is 30.5. The van der Waals surface area contributed by atoms with Crippen LogP contribution in [0.15, 0.2) is 18.5 Å². The van der Waals surface area contributed by atoms with E-state index in [4.69, 9.17) is 11.6 Å². The van der Waals surface area contributed by atoms with Gasteiger partial charge in [-0.1, -0.05) is 24.4 Å². The second kappa shape index (κ2) is 3.98. The first-order chi connectivity index (χ1) is 8.21. The number of carbonyl (C=O) groups excluding carboxylic acids is 1. The third kappa shape index (κ3) is 1.93. The summed E-state index contributed by atoms with van der Waals surface area (Å²) in [5, 5.41) is 3.50. The van der Waals surface area contributed by atoms with Crippen LogP contribution >= 0.6 is 11.6 Å². The van der Waals surface area contributed by atoms with E-state index in [9.17, 15) is 4.79 Å². The number of nitrogens with one attached hydrogen (secondary N) is 1. The predicted molar refractivity (Wildman–Crippen MR) is 66.9 cm³/mol. The molecule has 3 rings (SSSR count). The fourth-order valence-electron chi connectivity index (χ4n) is 3.02. The molecule has 1 N–H and O–H groups in total. The molecule has 1 heterocycles. The number of aromatic nitrogens is 1. The Bertz CT molecular complexity index is 462. The molecule has 4 heteroatoms. The van der Waals surface area contributed by atoms with E-state index in [2.05, 4.69) is 10.3 Å². The third-order valence-corrected chi connectivity index (χ3v) is 4.28. The lowest BCUT2D eigenvalue weighted by Crippen LogP contribution is -2.27. The molecule has 3 nitrogen and oxygen atoms in total. The second-order valence-corrected chi connectivity index (χ2v) is 5.59. The Balaban J connectivity index is 1.72. The zero-order valence-corrected chi connectivity index (χ0v) is 10.3. The van der Waals surface area contributed by atoms with Gasteiger partial charge < -0.3 is 5.32 Å². The molecule has 0 radical (unpaired) electrons. The van der Waals surface area contributed by atoms with Gasteiger partial charge in [0.25, 0.3) is 0 Å². The summed E-state index contributed by atoms with van der Waals surface area (Å²) in [5.74, 6) is 0.773. The summed E-state index contributed by atoms with van der Waals surface area (Å²) in [6.45, 7) is 0. The lowest BCUT2D eigenvalue weighted by atomic mass is 9.87. The molecule has 1 aromatic heterocycles. The minimum Gasteiger partial charge on any atom is -0.324 e. The average Bonchev–Trinajstić information content (AvgIpc) is 3.04. The van der Waals surface area contributed by atoms with Crippen molar-refractivity contribution in [2.24, 2.45) is 11.3 Å². The lowest BCUT2D eigenvalue weighted by Gasteiger charge is -2.21. The van der Waals surface area contributed by atoms with Crippen molar-refractivity contribution in [1.82, 2.24) is 4.98 Å². The number of pyridine rings is 1. The molecule has 2 saturated carbocycles. The highest BCUT2D eigenvalue weighted by Gasteiger charge is 2.59. The average molecular weight is 251 g/mol. The van der Waals surface area contributed by atoms with Crippen molar-refractivity contribution in [2.45, 2.75) is 32.1 Å². The van der Waals surface area contributed by atoms with Crippen LogP contribution in [-0.4, -0.2) is 10.9 Å². The summed E-state index contributed by atoms with van der Waals surface area (Å²) in [7, 11) is 0. The molecule has 0 spiro atoms. The van der Waals surface area contributed by atoms with Crippen LogP contribution in [0.2, 0.25) is 5.02 Å². The van der Waals surface area contributed by atoms with Crippen LogP contribution in [-0.2, 0) is 4.79 Å². The summed E-state index contributed by atoms with van der Waals surface area (Å²) in [4.78, 5) is 16.2. The zero-order valence-electron chi connectivity index (χ0n) is 9.58. The van der Waals surface area contributed by atoms with E-state index in [1.165, 1.54) is 19.3 Å². The Morgan fingerprint density at radius 2 is 2.35 bits per heavy atom. The highest BCUT2D eigenvalue weighted by Crippen LogP contribution is 2.61. The second-order valence-electron chi connectivity index (χ2n) is 5.15. The number of hydrogen-bond donors (Lipinski definition) is 1. The largest absolute Gasteiger partial charge is 0.324 e.